The molecule has 8 nitrogen and oxygen atoms in total. The minimum atomic E-state index is -0.792. The second-order valence-corrected chi connectivity index (χ2v) is 3.96. The molecule has 0 N–H and O–H groups in total. The molecule has 1 aliphatic heterocycles. The van der Waals surface area contributed by atoms with E-state index in [4.69, 9.17) is 19.7 Å². The van der Waals surface area contributed by atoms with Crippen molar-refractivity contribution in [2.75, 3.05) is 0 Å². The molecule has 0 bridgehead atoms. The van der Waals surface area contributed by atoms with Gasteiger partial charge >= 0.3 is 11.9 Å². The Balaban J connectivity index is 2.78. The summed E-state index contributed by atoms with van der Waals surface area (Å²) in [5.41, 5.74) is 8.49. The van der Waals surface area contributed by atoms with Crippen LogP contribution >= 0.6 is 0 Å². The third kappa shape index (κ3) is 3.90. The summed E-state index contributed by atoms with van der Waals surface area (Å²) >= 11 is 0. The van der Waals surface area contributed by atoms with E-state index in [-0.39, 0.29) is 6.42 Å². The molecule has 1 aliphatic rings. The molecule has 1 fully saturated rings. The first-order valence-electron chi connectivity index (χ1n) is 5.48. The predicted octanol–water partition coefficient (Wildman–Crippen LogP) is 1.29. The lowest BCUT2D eigenvalue weighted by molar-refractivity contribution is -0.226. The van der Waals surface area contributed by atoms with E-state index in [1.165, 1.54) is 13.8 Å². The normalized spacial score (nSPS) is 31.1. The van der Waals surface area contributed by atoms with Gasteiger partial charge in [0.15, 0.2) is 0 Å². The van der Waals surface area contributed by atoms with E-state index in [0.29, 0.717) is 0 Å². The number of nitrogens with zero attached hydrogens (tertiary/aromatic N) is 3. The van der Waals surface area contributed by atoms with Gasteiger partial charge in [-0.3, -0.25) is 9.59 Å². The Morgan fingerprint density at radius 2 is 1.94 bits per heavy atom. The van der Waals surface area contributed by atoms with E-state index in [1.807, 2.05) is 0 Å². The largest absolute Gasteiger partial charge is 0.459 e. The van der Waals surface area contributed by atoms with Crippen LogP contribution in [0.3, 0.4) is 0 Å². The van der Waals surface area contributed by atoms with Crippen LogP contribution in [0.25, 0.3) is 10.4 Å². The Kier molecular flexibility index (Phi) is 4.94. The fraction of sp³-hybridized carbons (Fsp3) is 0.800. The van der Waals surface area contributed by atoms with Crippen LogP contribution in [0, 0.1) is 0 Å². The maximum atomic E-state index is 11.0. The van der Waals surface area contributed by atoms with Crippen molar-refractivity contribution in [3.63, 3.8) is 0 Å². The van der Waals surface area contributed by atoms with Crippen molar-refractivity contribution in [2.24, 2.45) is 5.11 Å². The highest BCUT2D eigenvalue weighted by Crippen LogP contribution is 2.26. The molecule has 0 aliphatic carbocycles. The van der Waals surface area contributed by atoms with Gasteiger partial charge in [0, 0.05) is 25.2 Å². The lowest BCUT2D eigenvalue weighted by atomic mass is 10.0. The van der Waals surface area contributed by atoms with Gasteiger partial charge in [0.25, 0.3) is 0 Å². The summed E-state index contributed by atoms with van der Waals surface area (Å²) in [5, 5.41) is 3.56. The van der Waals surface area contributed by atoms with Gasteiger partial charge in [0.2, 0.25) is 6.29 Å². The first kappa shape index (κ1) is 14.3. The van der Waals surface area contributed by atoms with Gasteiger partial charge in [0.1, 0.15) is 6.10 Å². The second-order valence-electron chi connectivity index (χ2n) is 3.96. The summed E-state index contributed by atoms with van der Waals surface area (Å²) in [6.07, 6.45) is -1.83. The first-order chi connectivity index (χ1) is 8.43. The number of carbonyl (C=O) groups is 2. The summed E-state index contributed by atoms with van der Waals surface area (Å²) in [6, 6.07) is -0.619. The lowest BCUT2D eigenvalue weighted by Crippen LogP contribution is -2.49. The first-order valence-corrected chi connectivity index (χ1v) is 5.48. The SMILES string of the molecule is CC(=O)OC1C(C)O[C@@H](OC(C)=O)C[C@H]1N=[N+]=[N-]. The van der Waals surface area contributed by atoms with Gasteiger partial charge in [-0.05, 0) is 12.5 Å². The highest BCUT2D eigenvalue weighted by molar-refractivity contribution is 5.66. The third-order valence-corrected chi connectivity index (χ3v) is 2.44. The molecular formula is C10H15N3O5. The van der Waals surface area contributed by atoms with Crippen molar-refractivity contribution in [2.45, 2.75) is 51.7 Å². The molecule has 0 spiro atoms. The predicted molar refractivity (Wildman–Crippen MR) is 59.2 cm³/mol. The van der Waals surface area contributed by atoms with E-state index in [9.17, 15) is 9.59 Å². The van der Waals surface area contributed by atoms with E-state index in [0.717, 1.165) is 0 Å². The van der Waals surface area contributed by atoms with Crippen molar-refractivity contribution in [1.29, 1.82) is 0 Å². The minimum absolute atomic E-state index is 0.159. The highest BCUT2D eigenvalue weighted by atomic mass is 16.7. The van der Waals surface area contributed by atoms with E-state index < -0.39 is 36.5 Å². The highest BCUT2D eigenvalue weighted by Gasteiger charge is 2.39. The van der Waals surface area contributed by atoms with Crippen molar-refractivity contribution in [3.8, 4) is 0 Å². The molecule has 1 rings (SSSR count). The van der Waals surface area contributed by atoms with Crippen molar-refractivity contribution in [3.05, 3.63) is 10.4 Å². The number of rotatable bonds is 3. The topological polar surface area (TPSA) is 111 Å². The molecule has 0 amide bonds. The Morgan fingerprint density at radius 3 is 2.44 bits per heavy atom. The molecular weight excluding hydrogens is 242 g/mol. The maximum Gasteiger partial charge on any atom is 0.304 e. The van der Waals surface area contributed by atoms with E-state index in [1.54, 1.807) is 6.92 Å². The Hall–Kier alpha value is -1.79. The van der Waals surface area contributed by atoms with Gasteiger partial charge in [-0.15, -0.1) is 0 Å². The summed E-state index contributed by atoms with van der Waals surface area (Å²) in [4.78, 5) is 24.5. The number of hydrogen-bond donors (Lipinski definition) is 0. The summed E-state index contributed by atoms with van der Waals surface area (Å²) in [5.74, 6) is -0.975. The maximum absolute atomic E-state index is 11.0. The van der Waals surface area contributed by atoms with Crippen molar-refractivity contribution < 1.29 is 23.8 Å². The van der Waals surface area contributed by atoms with Crippen molar-refractivity contribution in [1.82, 2.24) is 0 Å². The number of esters is 2. The number of carbonyl (C=O) groups excluding carboxylic acids is 2. The van der Waals surface area contributed by atoms with Crippen LogP contribution in [0.15, 0.2) is 5.11 Å². The second kappa shape index (κ2) is 6.23. The molecule has 0 aromatic heterocycles. The molecule has 0 aromatic carbocycles. The van der Waals surface area contributed by atoms with Crippen LogP contribution < -0.4 is 0 Å². The molecule has 2 unspecified atom stereocenters. The molecule has 1 heterocycles. The summed E-state index contributed by atoms with van der Waals surface area (Å²) < 4.78 is 15.3. The van der Waals surface area contributed by atoms with Gasteiger partial charge in [-0.2, -0.15) is 0 Å². The Labute approximate surface area is 104 Å². The summed E-state index contributed by atoms with van der Waals surface area (Å²) in [7, 11) is 0. The number of ether oxygens (including phenoxy) is 3. The third-order valence-electron chi connectivity index (χ3n) is 2.44. The van der Waals surface area contributed by atoms with E-state index in [2.05, 4.69) is 10.0 Å². The summed E-state index contributed by atoms with van der Waals surface area (Å²) in [6.45, 7) is 4.18. The number of hydrogen-bond acceptors (Lipinski definition) is 6. The zero-order chi connectivity index (χ0) is 13.7. The average molecular weight is 257 g/mol. The zero-order valence-corrected chi connectivity index (χ0v) is 10.4. The Bertz CT molecular complexity index is 380. The zero-order valence-electron chi connectivity index (χ0n) is 10.4. The quantitative estimate of drug-likeness (QED) is 0.327. The molecule has 100 valence electrons. The van der Waals surface area contributed by atoms with Crippen LogP contribution in [0.2, 0.25) is 0 Å². The molecule has 0 radical (unpaired) electrons. The minimum Gasteiger partial charge on any atom is -0.459 e. The van der Waals surface area contributed by atoms with Gasteiger partial charge in [-0.1, -0.05) is 5.11 Å². The van der Waals surface area contributed by atoms with E-state index >= 15 is 0 Å². The van der Waals surface area contributed by atoms with Crippen molar-refractivity contribution >= 4 is 11.9 Å². The molecule has 18 heavy (non-hydrogen) atoms. The monoisotopic (exact) mass is 257 g/mol. The number of azide groups is 1. The average Bonchev–Trinajstić information content (AvgIpc) is 2.22. The van der Waals surface area contributed by atoms with Crippen LogP contribution in [0.4, 0.5) is 0 Å². The molecule has 1 saturated heterocycles. The molecule has 0 saturated carbocycles. The molecule has 0 aromatic rings. The molecule has 4 atom stereocenters. The lowest BCUT2D eigenvalue weighted by Gasteiger charge is -2.37. The fourth-order valence-corrected chi connectivity index (χ4v) is 1.82. The van der Waals surface area contributed by atoms with Crippen LogP contribution in [-0.4, -0.2) is 36.5 Å². The Morgan fingerprint density at radius 1 is 1.33 bits per heavy atom. The van der Waals surface area contributed by atoms with Crippen LogP contribution in [-0.2, 0) is 23.8 Å². The van der Waals surface area contributed by atoms with Crippen LogP contribution in [0.1, 0.15) is 27.2 Å². The fourth-order valence-electron chi connectivity index (χ4n) is 1.82. The standard InChI is InChI=1S/C10H15N3O5/c1-5-10(18-7(3)15)8(12-13-11)4-9(16-5)17-6(2)14/h5,8-10H,4H2,1-3H3/t5?,8-,9+,10?/m1/s1. The van der Waals surface area contributed by atoms with Crippen LogP contribution in [0.5, 0.6) is 0 Å². The van der Waals surface area contributed by atoms with Gasteiger partial charge in [-0.25, -0.2) is 0 Å². The molecule has 8 heteroatoms. The van der Waals surface area contributed by atoms with Gasteiger partial charge in [0.05, 0.1) is 12.1 Å². The smallest absolute Gasteiger partial charge is 0.304 e. The van der Waals surface area contributed by atoms with Gasteiger partial charge < -0.3 is 14.2 Å².